The highest BCUT2D eigenvalue weighted by Gasteiger charge is 2.27. The molecule has 0 fully saturated rings. The summed E-state index contributed by atoms with van der Waals surface area (Å²) in [7, 11) is -2.28. The van der Waals surface area contributed by atoms with Crippen molar-refractivity contribution in [3.63, 3.8) is 0 Å². The maximum absolute atomic E-state index is 13.3. The molecule has 0 spiro atoms. The van der Waals surface area contributed by atoms with E-state index >= 15 is 0 Å². The molecule has 0 aromatic heterocycles. The minimum Gasteiger partial charge on any atom is -0.497 e. The van der Waals surface area contributed by atoms with Gasteiger partial charge in [0.15, 0.2) is 0 Å². The Labute approximate surface area is 197 Å². The van der Waals surface area contributed by atoms with Crippen molar-refractivity contribution in [2.75, 3.05) is 13.7 Å². The minimum absolute atomic E-state index is 0.0782. The van der Waals surface area contributed by atoms with E-state index in [-0.39, 0.29) is 29.9 Å². The molecule has 0 aliphatic carbocycles. The second-order valence-electron chi connectivity index (χ2n) is 7.27. The quantitative estimate of drug-likeness (QED) is 0.453. The van der Waals surface area contributed by atoms with E-state index in [0.717, 1.165) is 21.3 Å². The summed E-state index contributed by atoms with van der Waals surface area (Å²) in [6.07, 6.45) is 0. The predicted octanol–water partition coefficient (Wildman–Crippen LogP) is 4.53. The fourth-order valence-electron chi connectivity index (χ4n) is 3.18. The fraction of sp³-hybridized carbons (Fsp3) is 0.208. The number of rotatable bonds is 9. The van der Waals surface area contributed by atoms with E-state index in [1.54, 1.807) is 25.3 Å². The van der Waals surface area contributed by atoms with Crippen LogP contribution in [0.5, 0.6) is 5.75 Å². The summed E-state index contributed by atoms with van der Waals surface area (Å²) < 4.78 is 33.8. The smallest absolute Gasteiger partial charge is 0.243 e. The third-order valence-electron chi connectivity index (χ3n) is 4.97. The van der Waals surface area contributed by atoms with Crippen LogP contribution in [0.2, 0.25) is 0 Å². The van der Waals surface area contributed by atoms with Crippen LogP contribution < -0.4 is 10.1 Å². The molecule has 0 bridgehead atoms. The van der Waals surface area contributed by atoms with Crippen molar-refractivity contribution in [3.8, 4) is 5.75 Å². The number of carbonyl (C=O) groups is 1. The average molecular weight is 517 g/mol. The van der Waals surface area contributed by atoms with Crippen molar-refractivity contribution in [3.05, 3.63) is 94.5 Å². The normalized spacial score (nSPS) is 12.4. The third-order valence-corrected chi connectivity index (χ3v) is 7.30. The first-order chi connectivity index (χ1) is 15.3. The van der Waals surface area contributed by atoms with Gasteiger partial charge in [-0.25, -0.2) is 8.42 Å². The Morgan fingerprint density at radius 1 is 1.00 bits per heavy atom. The summed E-state index contributed by atoms with van der Waals surface area (Å²) in [5.74, 6) is 0.340. The molecule has 32 heavy (non-hydrogen) atoms. The van der Waals surface area contributed by atoms with E-state index in [0.29, 0.717) is 0 Å². The van der Waals surface area contributed by atoms with Gasteiger partial charge in [0.1, 0.15) is 5.75 Å². The number of amides is 1. The molecular formula is C24H25BrN2O4S. The first kappa shape index (κ1) is 24.0. The summed E-state index contributed by atoms with van der Waals surface area (Å²) in [6, 6.07) is 22.6. The average Bonchev–Trinajstić information content (AvgIpc) is 2.80. The minimum atomic E-state index is -3.87. The van der Waals surface area contributed by atoms with Crippen LogP contribution in [0.15, 0.2) is 88.2 Å². The molecular weight excluding hydrogens is 492 g/mol. The van der Waals surface area contributed by atoms with Crippen LogP contribution in [0.1, 0.15) is 24.1 Å². The molecule has 0 unspecified atom stereocenters. The number of hydrogen-bond donors (Lipinski definition) is 1. The Morgan fingerprint density at radius 3 is 2.22 bits per heavy atom. The second kappa shape index (κ2) is 10.8. The lowest BCUT2D eigenvalue weighted by Gasteiger charge is -2.23. The van der Waals surface area contributed by atoms with Crippen LogP contribution in [0, 0.1) is 0 Å². The molecule has 0 aliphatic heterocycles. The van der Waals surface area contributed by atoms with Gasteiger partial charge in [-0.05, 0) is 54.4 Å². The number of sulfonamides is 1. The summed E-state index contributed by atoms with van der Waals surface area (Å²) >= 11 is 3.38. The lowest BCUT2D eigenvalue weighted by atomic mass is 10.1. The summed E-state index contributed by atoms with van der Waals surface area (Å²) in [5.41, 5.74) is 1.67. The maximum Gasteiger partial charge on any atom is 0.243 e. The van der Waals surface area contributed by atoms with Crippen molar-refractivity contribution in [2.24, 2.45) is 0 Å². The third kappa shape index (κ3) is 6.18. The van der Waals surface area contributed by atoms with E-state index in [2.05, 4.69) is 21.2 Å². The van der Waals surface area contributed by atoms with E-state index < -0.39 is 10.0 Å². The van der Waals surface area contributed by atoms with E-state index in [1.165, 1.54) is 16.4 Å². The van der Waals surface area contributed by atoms with Gasteiger partial charge in [0.05, 0.1) is 24.6 Å². The number of hydrogen-bond acceptors (Lipinski definition) is 4. The molecule has 1 amide bonds. The number of nitrogens with zero attached hydrogens (tertiary/aromatic N) is 1. The Bertz CT molecular complexity index is 1130. The maximum atomic E-state index is 13.3. The van der Waals surface area contributed by atoms with Crippen molar-refractivity contribution < 1.29 is 17.9 Å². The molecule has 0 saturated heterocycles. The number of nitrogens with one attached hydrogen (secondary N) is 1. The van der Waals surface area contributed by atoms with Crippen molar-refractivity contribution >= 4 is 31.9 Å². The number of benzene rings is 3. The van der Waals surface area contributed by atoms with Gasteiger partial charge < -0.3 is 10.1 Å². The van der Waals surface area contributed by atoms with Gasteiger partial charge >= 0.3 is 0 Å². The van der Waals surface area contributed by atoms with Crippen molar-refractivity contribution in [2.45, 2.75) is 24.4 Å². The molecule has 8 heteroatoms. The Balaban J connectivity index is 1.79. The van der Waals surface area contributed by atoms with Gasteiger partial charge in [-0.1, -0.05) is 58.4 Å². The highest BCUT2D eigenvalue weighted by Crippen LogP contribution is 2.21. The van der Waals surface area contributed by atoms with E-state index in [1.807, 2.05) is 55.5 Å². The zero-order chi connectivity index (χ0) is 23.1. The molecule has 3 aromatic rings. The summed E-state index contributed by atoms with van der Waals surface area (Å²) in [4.78, 5) is 13.0. The van der Waals surface area contributed by atoms with E-state index in [9.17, 15) is 13.2 Å². The topological polar surface area (TPSA) is 75.7 Å². The van der Waals surface area contributed by atoms with Gasteiger partial charge in [0, 0.05) is 11.0 Å². The van der Waals surface area contributed by atoms with Gasteiger partial charge in [-0.3, -0.25) is 4.79 Å². The van der Waals surface area contributed by atoms with Crippen molar-refractivity contribution in [1.82, 2.24) is 9.62 Å². The van der Waals surface area contributed by atoms with Crippen LogP contribution in [0.4, 0.5) is 0 Å². The van der Waals surface area contributed by atoms with Gasteiger partial charge in [-0.15, -0.1) is 0 Å². The molecule has 0 radical (unpaired) electrons. The van der Waals surface area contributed by atoms with Crippen LogP contribution in [0.3, 0.4) is 0 Å². The number of methoxy groups -OCH3 is 1. The van der Waals surface area contributed by atoms with Crippen LogP contribution >= 0.6 is 15.9 Å². The first-order valence-corrected chi connectivity index (χ1v) is 12.3. The first-order valence-electron chi connectivity index (χ1n) is 10.0. The molecule has 6 nitrogen and oxygen atoms in total. The largest absolute Gasteiger partial charge is 0.497 e. The highest BCUT2D eigenvalue weighted by atomic mass is 79.9. The molecule has 0 saturated carbocycles. The molecule has 3 rings (SSSR count). The standard InChI is InChI=1S/C24H25BrN2O4S/c1-18(20-10-14-22(31-2)15-11-20)26-24(28)17-27(16-19-8-12-21(25)13-9-19)32(29,30)23-6-4-3-5-7-23/h3-15,18H,16-17H2,1-2H3,(H,26,28)/t18-/m1/s1. The Morgan fingerprint density at radius 2 is 1.62 bits per heavy atom. The van der Waals surface area contributed by atoms with Gasteiger partial charge in [-0.2, -0.15) is 4.31 Å². The van der Waals surface area contributed by atoms with Crippen LogP contribution in [-0.4, -0.2) is 32.3 Å². The zero-order valence-corrected chi connectivity index (χ0v) is 20.3. The van der Waals surface area contributed by atoms with Crippen LogP contribution in [-0.2, 0) is 21.4 Å². The Hall–Kier alpha value is -2.68. The lowest BCUT2D eigenvalue weighted by Crippen LogP contribution is -2.41. The number of carbonyl (C=O) groups excluding carboxylic acids is 1. The number of halogens is 1. The molecule has 1 atom stereocenters. The van der Waals surface area contributed by atoms with Crippen molar-refractivity contribution in [1.29, 1.82) is 0 Å². The molecule has 0 heterocycles. The zero-order valence-electron chi connectivity index (χ0n) is 17.9. The second-order valence-corrected chi connectivity index (χ2v) is 10.1. The fourth-order valence-corrected chi connectivity index (χ4v) is 4.85. The summed E-state index contributed by atoms with van der Waals surface area (Å²) in [6.45, 7) is 1.63. The Kier molecular flexibility index (Phi) is 8.06. The monoisotopic (exact) mass is 516 g/mol. The molecule has 0 aliphatic rings. The molecule has 168 valence electrons. The SMILES string of the molecule is COc1ccc([C@@H](C)NC(=O)CN(Cc2ccc(Br)cc2)S(=O)(=O)c2ccccc2)cc1. The van der Waals surface area contributed by atoms with E-state index in [4.69, 9.17) is 4.74 Å². The molecule has 3 aromatic carbocycles. The molecule has 1 N–H and O–H groups in total. The van der Waals surface area contributed by atoms with Gasteiger partial charge in [0.2, 0.25) is 15.9 Å². The summed E-state index contributed by atoms with van der Waals surface area (Å²) in [5, 5.41) is 2.89. The number of ether oxygens (including phenoxy) is 1. The predicted molar refractivity (Wildman–Crippen MR) is 128 cm³/mol. The van der Waals surface area contributed by atoms with Crippen LogP contribution in [0.25, 0.3) is 0 Å². The van der Waals surface area contributed by atoms with Gasteiger partial charge in [0.25, 0.3) is 0 Å². The highest BCUT2D eigenvalue weighted by molar-refractivity contribution is 9.10. The lowest BCUT2D eigenvalue weighted by molar-refractivity contribution is -0.122.